The molecule has 9 heteroatoms. The first-order valence-electron chi connectivity index (χ1n) is 9.69. The summed E-state index contributed by atoms with van der Waals surface area (Å²) >= 11 is 0. The molecule has 1 N–H and O–H groups in total. The largest absolute Gasteiger partial charge is 0.493 e. The topological polar surface area (TPSA) is 92.7 Å². The Balaban J connectivity index is 1.99. The van der Waals surface area contributed by atoms with Gasteiger partial charge in [0, 0.05) is 26.2 Å². The number of carbonyl (C=O) groups is 2. The van der Waals surface area contributed by atoms with Gasteiger partial charge in [-0.05, 0) is 31.7 Å². The van der Waals surface area contributed by atoms with Crippen molar-refractivity contribution in [3.63, 3.8) is 0 Å². The first-order valence-corrected chi connectivity index (χ1v) is 9.69. The molecular formula is C20H28N4O5. The number of esters is 1. The smallest absolute Gasteiger partial charge is 0.321 e. The van der Waals surface area contributed by atoms with Crippen molar-refractivity contribution in [3.05, 3.63) is 23.8 Å². The highest BCUT2D eigenvalue weighted by Gasteiger charge is 2.42. The van der Waals surface area contributed by atoms with Crippen LogP contribution in [0.2, 0.25) is 0 Å². The summed E-state index contributed by atoms with van der Waals surface area (Å²) < 4.78 is 15.8. The zero-order valence-electron chi connectivity index (χ0n) is 17.3. The van der Waals surface area contributed by atoms with Crippen molar-refractivity contribution in [2.75, 3.05) is 54.1 Å². The number of hydrogen-bond donors (Lipinski definition) is 1. The summed E-state index contributed by atoms with van der Waals surface area (Å²) in [5.74, 6) is -0.506. The first kappa shape index (κ1) is 20.9. The molecule has 0 aromatic heterocycles. The van der Waals surface area contributed by atoms with Gasteiger partial charge in [0.1, 0.15) is 6.04 Å². The summed E-state index contributed by atoms with van der Waals surface area (Å²) in [5.41, 5.74) is 0.683. The zero-order valence-corrected chi connectivity index (χ0v) is 17.3. The lowest BCUT2D eigenvalue weighted by atomic mass is 9.91. The minimum atomic E-state index is -1.07. The second-order valence-corrected chi connectivity index (χ2v) is 7.02. The number of methoxy groups -OCH3 is 2. The molecule has 0 radical (unpaired) electrons. The van der Waals surface area contributed by atoms with E-state index in [0.717, 1.165) is 26.2 Å². The number of hydrogen-bond acceptors (Lipinski definition) is 8. The van der Waals surface area contributed by atoms with E-state index in [1.54, 1.807) is 32.2 Å². The third-order valence-electron chi connectivity index (χ3n) is 5.19. The van der Waals surface area contributed by atoms with Gasteiger partial charge in [-0.3, -0.25) is 14.9 Å². The highest BCUT2D eigenvalue weighted by atomic mass is 16.5. The summed E-state index contributed by atoms with van der Waals surface area (Å²) in [5, 5.41) is 2.80. The Bertz CT molecular complexity index is 789. The fourth-order valence-corrected chi connectivity index (χ4v) is 3.52. The lowest BCUT2D eigenvalue weighted by Crippen LogP contribution is -2.56. The minimum Gasteiger partial charge on any atom is -0.493 e. The fraction of sp³-hybridized carbons (Fsp3) is 0.550. The van der Waals surface area contributed by atoms with Crippen LogP contribution in [0.5, 0.6) is 11.5 Å². The lowest BCUT2D eigenvalue weighted by Gasteiger charge is -2.37. The van der Waals surface area contributed by atoms with Gasteiger partial charge in [-0.1, -0.05) is 6.07 Å². The molecule has 1 aromatic carbocycles. The summed E-state index contributed by atoms with van der Waals surface area (Å²) in [6.07, 6.45) is 0. The van der Waals surface area contributed by atoms with Crippen molar-refractivity contribution in [2.45, 2.75) is 13.0 Å². The molecular weight excluding hydrogens is 376 g/mol. The van der Waals surface area contributed by atoms with Gasteiger partial charge in [0.15, 0.2) is 17.4 Å². The summed E-state index contributed by atoms with van der Waals surface area (Å²) in [7, 11) is 5.15. The van der Waals surface area contributed by atoms with Crippen LogP contribution in [0.15, 0.2) is 23.2 Å². The third-order valence-corrected chi connectivity index (χ3v) is 5.19. The van der Waals surface area contributed by atoms with Gasteiger partial charge >= 0.3 is 5.97 Å². The van der Waals surface area contributed by atoms with E-state index in [1.165, 1.54) is 7.11 Å². The Morgan fingerprint density at radius 1 is 1.17 bits per heavy atom. The Kier molecular flexibility index (Phi) is 6.58. The van der Waals surface area contributed by atoms with Crippen LogP contribution in [0.25, 0.3) is 0 Å². The number of aliphatic imine (C=N–C) groups is 1. The Morgan fingerprint density at radius 2 is 1.86 bits per heavy atom. The van der Waals surface area contributed by atoms with Crippen molar-refractivity contribution < 1.29 is 23.8 Å². The highest BCUT2D eigenvalue weighted by Crippen LogP contribution is 2.36. The van der Waals surface area contributed by atoms with E-state index in [9.17, 15) is 9.59 Å². The molecule has 158 valence electrons. The second kappa shape index (κ2) is 9.13. The number of likely N-dealkylation sites (N-methyl/N-ethyl adjacent to an activating group) is 1. The minimum absolute atomic E-state index is 0.191. The molecule has 1 saturated heterocycles. The number of guanidine groups is 1. The monoisotopic (exact) mass is 404 g/mol. The maximum Gasteiger partial charge on any atom is 0.321 e. The highest BCUT2D eigenvalue weighted by molar-refractivity contribution is 6.08. The average molecular weight is 404 g/mol. The molecule has 3 rings (SSSR count). The Morgan fingerprint density at radius 3 is 2.48 bits per heavy atom. The van der Waals surface area contributed by atoms with Gasteiger partial charge in [-0.2, -0.15) is 0 Å². The Hall–Kier alpha value is -2.81. The second-order valence-electron chi connectivity index (χ2n) is 7.02. The number of nitrogens with zero attached hydrogens (tertiary/aromatic N) is 3. The van der Waals surface area contributed by atoms with E-state index in [4.69, 9.17) is 19.2 Å². The van der Waals surface area contributed by atoms with E-state index in [-0.39, 0.29) is 6.61 Å². The molecule has 1 aromatic rings. The maximum absolute atomic E-state index is 12.9. The van der Waals surface area contributed by atoms with Crippen molar-refractivity contribution in [2.24, 2.45) is 10.9 Å². The molecule has 2 aliphatic heterocycles. The van der Waals surface area contributed by atoms with E-state index in [0.29, 0.717) is 23.0 Å². The van der Waals surface area contributed by atoms with Crippen LogP contribution in [-0.2, 0) is 14.3 Å². The number of amides is 1. The quantitative estimate of drug-likeness (QED) is 0.569. The molecule has 1 amide bonds. The maximum atomic E-state index is 12.9. The van der Waals surface area contributed by atoms with Crippen LogP contribution in [0, 0.1) is 5.92 Å². The summed E-state index contributed by atoms with van der Waals surface area (Å²) in [4.78, 5) is 34.5. The van der Waals surface area contributed by atoms with E-state index < -0.39 is 23.8 Å². The average Bonchev–Trinajstić information content (AvgIpc) is 2.73. The molecule has 0 spiro atoms. The molecule has 2 aliphatic rings. The van der Waals surface area contributed by atoms with Crippen LogP contribution in [0.3, 0.4) is 0 Å². The predicted octanol–water partition coefficient (Wildman–Crippen LogP) is 0.657. The Labute approximate surface area is 170 Å². The third kappa shape index (κ3) is 4.45. The molecule has 29 heavy (non-hydrogen) atoms. The molecule has 1 fully saturated rings. The summed E-state index contributed by atoms with van der Waals surface area (Å²) in [6.45, 7) is 5.14. The summed E-state index contributed by atoms with van der Waals surface area (Å²) in [6, 6.07) is 4.58. The molecule has 0 bridgehead atoms. The van der Waals surface area contributed by atoms with Gasteiger partial charge in [0.2, 0.25) is 11.9 Å². The first-order chi connectivity index (χ1) is 14.0. The molecule has 2 atom stereocenters. The normalized spacial score (nSPS) is 22.6. The van der Waals surface area contributed by atoms with Crippen LogP contribution >= 0.6 is 0 Å². The molecule has 0 unspecified atom stereocenters. The molecule has 2 heterocycles. The standard InChI is InChI=1S/C20H28N4O5/c1-5-29-19(26)16-17(13-6-7-14(27-3)15(12-13)28-4)21-20(22-18(16)25)24-10-8-23(2)9-11-24/h6-7,12,16-17H,5,8-11H2,1-4H3,(H,21,22,25)/t16-,17+/m1/s1. The zero-order chi connectivity index (χ0) is 21.0. The van der Waals surface area contributed by atoms with Crippen LogP contribution in [0.1, 0.15) is 18.5 Å². The molecule has 9 nitrogen and oxygen atoms in total. The van der Waals surface area contributed by atoms with E-state index in [1.807, 2.05) is 4.90 Å². The van der Waals surface area contributed by atoms with Crippen LogP contribution in [-0.4, -0.2) is 81.7 Å². The van der Waals surface area contributed by atoms with Crippen LogP contribution in [0.4, 0.5) is 0 Å². The number of piperazine rings is 1. The van der Waals surface area contributed by atoms with Gasteiger partial charge < -0.3 is 24.0 Å². The van der Waals surface area contributed by atoms with Crippen molar-refractivity contribution in [1.29, 1.82) is 0 Å². The van der Waals surface area contributed by atoms with Gasteiger partial charge in [-0.25, -0.2) is 4.99 Å². The van der Waals surface area contributed by atoms with Gasteiger partial charge in [0.25, 0.3) is 0 Å². The number of ether oxygens (including phenoxy) is 3. The fourth-order valence-electron chi connectivity index (χ4n) is 3.52. The number of nitrogens with one attached hydrogen (secondary N) is 1. The SMILES string of the molecule is CCOC(=O)[C@H]1C(=O)NC(N2CCN(C)CC2)=N[C@H]1c1ccc(OC)c(OC)c1. The van der Waals surface area contributed by atoms with Crippen molar-refractivity contribution in [3.8, 4) is 11.5 Å². The van der Waals surface area contributed by atoms with Gasteiger partial charge in [-0.15, -0.1) is 0 Å². The van der Waals surface area contributed by atoms with E-state index in [2.05, 4.69) is 17.3 Å². The van der Waals surface area contributed by atoms with Gasteiger partial charge in [0.05, 0.1) is 20.8 Å². The molecule has 0 saturated carbocycles. The lowest BCUT2D eigenvalue weighted by molar-refractivity contribution is -0.153. The number of rotatable bonds is 5. The predicted molar refractivity (Wildman–Crippen MR) is 107 cm³/mol. The number of benzene rings is 1. The van der Waals surface area contributed by atoms with E-state index >= 15 is 0 Å². The van der Waals surface area contributed by atoms with Crippen molar-refractivity contribution in [1.82, 2.24) is 15.1 Å². The van der Waals surface area contributed by atoms with Crippen LogP contribution < -0.4 is 14.8 Å². The molecule has 0 aliphatic carbocycles. The number of carbonyl (C=O) groups excluding carboxylic acids is 2. The van der Waals surface area contributed by atoms with Crippen molar-refractivity contribution >= 4 is 17.8 Å².